The topological polar surface area (TPSA) is 93.9 Å². The summed E-state index contributed by atoms with van der Waals surface area (Å²) in [7, 11) is 0. The van der Waals surface area contributed by atoms with Crippen molar-refractivity contribution in [2.75, 3.05) is 30.7 Å². The van der Waals surface area contributed by atoms with Crippen molar-refractivity contribution in [1.82, 2.24) is 4.90 Å². The van der Waals surface area contributed by atoms with E-state index in [-0.39, 0.29) is 18.1 Å². The highest BCUT2D eigenvalue weighted by Gasteiger charge is 2.27. The van der Waals surface area contributed by atoms with Crippen LogP contribution in [0.15, 0.2) is 18.2 Å². The van der Waals surface area contributed by atoms with Crippen molar-refractivity contribution in [3.63, 3.8) is 0 Å². The van der Waals surface area contributed by atoms with Crippen LogP contribution in [-0.2, 0) is 9.47 Å². The number of carbonyl (C=O) groups excluding carboxylic acids is 2. The summed E-state index contributed by atoms with van der Waals surface area (Å²) in [6.07, 6.45) is 1.34. The van der Waals surface area contributed by atoms with E-state index in [0.717, 1.165) is 18.5 Å². The molecule has 28 heavy (non-hydrogen) atoms. The van der Waals surface area contributed by atoms with Gasteiger partial charge in [0.25, 0.3) is 0 Å². The summed E-state index contributed by atoms with van der Waals surface area (Å²) >= 11 is 0. The number of nitrogens with one attached hydrogen (secondary N) is 1. The highest BCUT2D eigenvalue weighted by atomic mass is 16.6. The van der Waals surface area contributed by atoms with E-state index in [9.17, 15) is 9.59 Å². The molecule has 0 atom stereocenters. The van der Waals surface area contributed by atoms with Crippen molar-refractivity contribution in [3.8, 4) is 0 Å². The summed E-state index contributed by atoms with van der Waals surface area (Å²) in [5.74, 6) is -0.378. The number of piperidine rings is 1. The van der Waals surface area contributed by atoms with Gasteiger partial charge in [0.15, 0.2) is 0 Å². The monoisotopic (exact) mass is 393 g/mol. The lowest BCUT2D eigenvalue weighted by molar-refractivity contribution is 0.0210. The molecule has 1 heterocycles. The molecule has 0 aromatic heterocycles. The van der Waals surface area contributed by atoms with Crippen LogP contribution < -0.4 is 11.1 Å². The molecule has 0 radical (unpaired) electrons. The highest BCUT2D eigenvalue weighted by molar-refractivity contribution is 5.92. The summed E-state index contributed by atoms with van der Waals surface area (Å²) in [5, 5.41) is 3.40. The second-order valence-electron chi connectivity index (χ2n) is 7.41. The third kappa shape index (κ3) is 7.29. The summed E-state index contributed by atoms with van der Waals surface area (Å²) < 4.78 is 10.4. The van der Waals surface area contributed by atoms with Gasteiger partial charge < -0.3 is 25.4 Å². The molecule has 1 aliphatic rings. The van der Waals surface area contributed by atoms with E-state index in [2.05, 4.69) is 5.32 Å². The maximum atomic E-state index is 12.1. The first-order valence-corrected chi connectivity index (χ1v) is 10.0. The zero-order valence-corrected chi connectivity index (χ0v) is 18.0. The molecule has 7 nitrogen and oxygen atoms in total. The third-order valence-electron chi connectivity index (χ3n) is 4.07. The van der Waals surface area contributed by atoms with Gasteiger partial charge in [-0.05, 0) is 58.7 Å². The fraction of sp³-hybridized carbons (Fsp3) is 0.619. The Kier molecular flexibility index (Phi) is 9.09. The van der Waals surface area contributed by atoms with Crippen LogP contribution in [0.25, 0.3) is 0 Å². The fourth-order valence-corrected chi connectivity index (χ4v) is 2.79. The lowest BCUT2D eigenvalue weighted by atomic mass is 10.0. The lowest BCUT2D eigenvalue weighted by Crippen LogP contribution is -2.44. The number of hydrogen-bond donors (Lipinski definition) is 2. The van der Waals surface area contributed by atoms with Crippen LogP contribution in [0.1, 0.15) is 64.7 Å². The van der Waals surface area contributed by atoms with E-state index in [1.165, 1.54) is 0 Å². The van der Waals surface area contributed by atoms with Crippen molar-refractivity contribution in [2.24, 2.45) is 0 Å². The number of amides is 1. The molecular formula is C21H35N3O4. The standard InChI is InChI=1S/C19H29N3O4.C2H6/c1-5-25-17(23)13-6-7-16(15(20)12-13)21-14-8-10-22(11-9-14)18(24)26-19(2,3)4;1-2/h6-7,12,14,21H,5,8-11,20H2,1-4H3;1-2H3. The van der Waals surface area contributed by atoms with Crippen LogP contribution in [0.2, 0.25) is 0 Å². The SMILES string of the molecule is CC.CCOC(=O)c1ccc(NC2CCN(C(=O)OC(C)(C)C)CC2)c(N)c1. The Bertz CT molecular complexity index is 648. The maximum absolute atomic E-state index is 12.1. The van der Waals surface area contributed by atoms with Crippen molar-refractivity contribution in [2.45, 2.75) is 66.0 Å². The van der Waals surface area contributed by atoms with Crippen LogP contribution in [0.5, 0.6) is 0 Å². The van der Waals surface area contributed by atoms with E-state index in [1.54, 1.807) is 30.0 Å². The van der Waals surface area contributed by atoms with Gasteiger partial charge in [0, 0.05) is 19.1 Å². The summed E-state index contributed by atoms with van der Waals surface area (Å²) in [6, 6.07) is 5.33. The summed E-state index contributed by atoms with van der Waals surface area (Å²) in [6.45, 7) is 12.9. The van der Waals surface area contributed by atoms with Gasteiger partial charge in [-0.3, -0.25) is 0 Å². The minimum Gasteiger partial charge on any atom is -0.462 e. The molecule has 3 N–H and O–H groups in total. The smallest absolute Gasteiger partial charge is 0.410 e. The molecule has 0 spiro atoms. The van der Waals surface area contributed by atoms with Gasteiger partial charge >= 0.3 is 12.1 Å². The Morgan fingerprint density at radius 3 is 2.32 bits per heavy atom. The average Bonchev–Trinajstić information content (AvgIpc) is 2.64. The van der Waals surface area contributed by atoms with Gasteiger partial charge in [0.1, 0.15) is 5.60 Å². The number of nitrogens with zero attached hydrogens (tertiary/aromatic N) is 1. The number of carbonyl (C=O) groups is 2. The van der Waals surface area contributed by atoms with E-state index in [1.807, 2.05) is 34.6 Å². The molecule has 1 aliphatic heterocycles. The first-order valence-electron chi connectivity index (χ1n) is 10.0. The van der Waals surface area contributed by atoms with Crippen LogP contribution in [0.4, 0.5) is 16.2 Å². The number of hydrogen-bond acceptors (Lipinski definition) is 6. The third-order valence-corrected chi connectivity index (χ3v) is 4.07. The molecule has 0 bridgehead atoms. The van der Waals surface area contributed by atoms with Crippen molar-refractivity contribution in [3.05, 3.63) is 23.8 Å². The number of nitrogens with two attached hydrogens (primary N) is 1. The molecule has 0 saturated carbocycles. The summed E-state index contributed by atoms with van der Waals surface area (Å²) in [5.41, 5.74) is 7.31. The van der Waals surface area contributed by atoms with Crippen LogP contribution in [0.3, 0.4) is 0 Å². The molecule has 7 heteroatoms. The van der Waals surface area contributed by atoms with Crippen LogP contribution >= 0.6 is 0 Å². The normalized spacial score (nSPS) is 14.6. The number of benzene rings is 1. The van der Waals surface area contributed by atoms with Crippen LogP contribution in [0, 0.1) is 0 Å². The largest absolute Gasteiger partial charge is 0.462 e. The predicted octanol–water partition coefficient (Wildman–Crippen LogP) is 4.28. The lowest BCUT2D eigenvalue weighted by Gasteiger charge is -2.34. The summed E-state index contributed by atoms with van der Waals surface area (Å²) in [4.78, 5) is 25.6. The van der Waals surface area contributed by atoms with E-state index < -0.39 is 5.60 Å². The molecule has 1 amide bonds. The second kappa shape index (κ2) is 10.8. The average molecular weight is 394 g/mol. The number of rotatable bonds is 4. The first-order chi connectivity index (χ1) is 13.2. The van der Waals surface area contributed by atoms with Gasteiger partial charge in [-0.15, -0.1) is 0 Å². The Morgan fingerprint density at radius 2 is 1.82 bits per heavy atom. The molecule has 0 aliphatic carbocycles. The second-order valence-corrected chi connectivity index (χ2v) is 7.41. The first kappa shape index (κ1) is 23.6. The zero-order valence-electron chi connectivity index (χ0n) is 18.0. The minimum absolute atomic E-state index is 0.212. The van der Waals surface area contributed by atoms with Crippen molar-refractivity contribution >= 4 is 23.4 Å². The molecule has 2 rings (SSSR count). The van der Waals surface area contributed by atoms with Gasteiger partial charge in [0.2, 0.25) is 0 Å². The Balaban J connectivity index is 0.00000190. The predicted molar refractivity (Wildman–Crippen MR) is 113 cm³/mol. The quantitative estimate of drug-likeness (QED) is 0.586. The number of ether oxygens (including phenoxy) is 2. The molecule has 1 aromatic carbocycles. The Hall–Kier alpha value is -2.44. The van der Waals surface area contributed by atoms with Gasteiger partial charge in [0.05, 0.1) is 23.5 Å². The maximum Gasteiger partial charge on any atom is 0.410 e. The fourth-order valence-electron chi connectivity index (χ4n) is 2.79. The molecule has 1 aromatic rings. The number of nitrogen functional groups attached to an aromatic ring is 1. The molecule has 158 valence electrons. The van der Waals surface area contributed by atoms with Gasteiger partial charge in [-0.2, -0.15) is 0 Å². The zero-order chi connectivity index (χ0) is 21.3. The van der Waals surface area contributed by atoms with E-state index >= 15 is 0 Å². The minimum atomic E-state index is -0.485. The highest BCUT2D eigenvalue weighted by Crippen LogP contribution is 2.24. The van der Waals surface area contributed by atoms with Crippen molar-refractivity contribution < 1.29 is 19.1 Å². The molecular weight excluding hydrogens is 358 g/mol. The van der Waals surface area contributed by atoms with E-state index in [4.69, 9.17) is 15.2 Å². The molecule has 1 saturated heterocycles. The van der Waals surface area contributed by atoms with E-state index in [0.29, 0.717) is 30.9 Å². The van der Waals surface area contributed by atoms with Crippen LogP contribution in [-0.4, -0.2) is 48.3 Å². The molecule has 0 unspecified atom stereocenters. The van der Waals surface area contributed by atoms with Gasteiger partial charge in [-0.25, -0.2) is 9.59 Å². The molecule has 1 fully saturated rings. The van der Waals surface area contributed by atoms with Crippen molar-refractivity contribution in [1.29, 1.82) is 0 Å². The Morgan fingerprint density at radius 1 is 1.21 bits per heavy atom. The number of likely N-dealkylation sites (tertiary alicyclic amines) is 1. The Labute approximate surface area is 168 Å². The number of esters is 1. The number of anilines is 2. The van der Waals surface area contributed by atoms with Gasteiger partial charge in [-0.1, -0.05) is 13.8 Å².